The van der Waals surface area contributed by atoms with E-state index in [2.05, 4.69) is 76.4 Å². The summed E-state index contributed by atoms with van der Waals surface area (Å²) in [6.45, 7) is 2.14. The van der Waals surface area contributed by atoms with Gasteiger partial charge in [-0.25, -0.2) is 0 Å². The van der Waals surface area contributed by atoms with Crippen LogP contribution in [0.25, 0.3) is 10.9 Å². The van der Waals surface area contributed by atoms with Gasteiger partial charge in [-0.05, 0) is 41.6 Å². The first-order valence-electron chi connectivity index (χ1n) is 6.04. The highest BCUT2D eigenvalue weighted by Gasteiger charge is 2.03. The molecule has 0 aliphatic carbocycles. The van der Waals surface area contributed by atoms with Crippen LogP contribution in [0.3, 0.4) is 0 Å². The average molecular weight is 300 g/mol. The fourth-order valence-corrected chi connectivity index (χ4v) is 2.55. The number of para-hydroxylation sites is 1. The lowest BCUT2D eigenvalue weighted by Crippen LogP contribution is -1.87. The Kier molecular flexibility index (Phi) is 2.96. The molecular formula is C16H14BrN. The first kappa shape index (κ1) is 11.5. The predicted molar refractivity (Wildman–Crippen MR) is 80.0 cm³/mol. The van der Waals surface area contributed by atoms with Crippen molar-refractivity contribution in [2.24, 2.45) is 0 Å². The molecule has 3 rings (SSSR count). The van der Waals surface area contributed by atoms with Crippen molar-refractivity contribution < 1.29 is 0 Å². The van der Waals surface area contributed by atoms with E-state index in [9.17, 15) is 0 Å². The Bertz CT molecular complexity index is 680. The molecule has 0 atom stereocenters. The minimum Gasteiger partial charge on any atom is -0.358 e. The van der Waals surface area contributed by atoms with Crippen molar-refractivity contribution >= 4 is 26.8 Å². The van der Waals surface area contributed by atoms with Gasteiger partial charge in [0.15, 0.2) is 0 Å². The third-order valence-corrected chi connectivity index (χ3v) is 3.76. The highest BCUT2D eigenvalue weighted by molar-refractivity contribution is 9.10. The molecule has 0 spiro atoms. The van der Waals surface area contributed by atoms with Crippen molar-refractivity contribution in [3.05, 3.63) is 69.8 Å². The largest absolute Gasteiger partial charge is 0.358 e. The maximum Gasteiger partial charge on any atom is 0.0485 e. The zero-order valence-electron chi connectivity index (χ0n) is 10.2. The van der Waals surface area contributed by atoms with Crippen LogP contribution < -0.4 is 0 Å². The summed E-state index contributed by atoms with van der Waals surface area (Å²) in [5.74, 6) is 0. The van der Waals surface area contributed by atoms with E-state index in [0.717, 1.165) is 10.9 Å². The van der Waals surface area contributed by atoms with E-state index < -0.39 is 0 Å². The van der Waals surface area contributed by atoms with E-state index in [0.29, 0.717) is 0 Å². The molecule has 0 bridgehead atoms. The monoisotopic (exact) mass is 299 g/mol. The Morgan fingerprint density at radius 1 is 1.06 bits per heavy atom. The van der Waals surface area contributed by atoms with Crippen molar-refractivity contribution in [3.63, 3.8) is 0 Å². The van der Waals surface area contributed by atoms with Crippen LogP contribution >= 0.6 is 15.9 Å². The summed E-state index contributed by atoms with van der Waals surface area (Å²) >= 11 is 3.46. The van der Waals surface area contributed by atoms with Crippen molar-refractivity contribution in [1.82, 2.24) is 4.98 Å². The highest BCUT2D eigenvalue weighted by atomic mass is 79.9. The number of fused-ring (bicyclic) bond motifs is 1. The number of aromatic nitrogens is 1. The smallest absolute Gasteiger partial charge is 0.0485 e. The van der Waals surface area contributed by atoms with Gasteiger partial charge in [0.05, 0.1) is 0 Å². The lowest BCUT2D eigenvalue weighted by atomic mass is 10.1. The summed E-state index contributed by atoms with van der Waals surface area (Å²) < 4.78 is 1.12. The van der Waals surface area contributed by atoms with E-state index in [1.165, 1.54) is 27.7 Å². The van der Waals surface area contributed by atoms with Crippen LogP contribution in [0.2, 0.25) is 0 Å². The molecule has 2 heteroatoms. The minimum absolute atomic E-state index is 0.946. The molecule has 0 aliphatic heterocycles. The Balaban J connectivity index is 1.95. The molecule has 1 heterocycles. The van der Waals surface area contributed by atoms with Crippen molar-refractivity contribution in [3.8, 4) is 0 Å². The van der Waals surface area contributed by atoms with Crippen LogP contribution in [0.1, 0.15) is 16.8 Å². The average Bonchev–Trinajstić information content (AvgIpc) is 2.76. The standard InChI is InChI=1S/C16H14BrN/c1-11-3-2-4-13-10-15(18-16(11)13)9-12-5-7-14(17)8-6-12/h2-8,10,18H,9H2,1H3. The van der Waals surface area contributed by atoms with Crippen LogP contribution in [0.4, 0.5) is 0 Å². The number of benzene rings is 2. The van der Waals surface area contributed by atoms with Gasteiger partial charge in [0.2, 0.25) is 0 Å². The van der Waals surface area contributed by atoms with Crippen molar-refractivity contribution in [1.29, 1.82) is 0 Å². The summed E-state index contributed by atoms with van der Waals surface area (Å²) in [5.41, 5.74) is 5.14. The van der Waals surface area contributed by atoms with Gasteiger partial charge < -0.3 is 4.98 Å². The maximum atomic E-state index is 3.52. The maximum absolute atomic E-state index is 3.52. The predicted octanol–water partition coefficient (Wildman–Crippen LogP) is 4.83. The zero-order valence-corrected chi connectivity index (χ0v) is 11.8. The van der Waals surface area contributed by atoms with Crippen LogP contribution in [0, 0.1) is 6.92 Å². The molecule has 0 fully saturated rings. The summed E-state index contributed by atoms with van der Waals surface area (Å²) in [5, 5.41) is 1.29. The third kappa shape index (κ3) is 2.21. The normalized spacial score (nSPS) is 11.0. The van der Waals surface area contributed by atoms with E-state index in [1.54, 1.807) is 0 Å². The van der Waals surface area contributed by atoms with E-state index in [-0.39, 0.29) is 0 Å². The molecule has 0 aliphatic rings. The minimum atomic E-state index is 0.946. The van der Waals surface area contributed by atoms with Gasteiger partial charge in [-0.3, -0.25) is 0 Å². The summed E-state index contributed by atoms with van der Waals surface area (Å²) in [7, 11) is 0. The van der Waals surface area contributed by atoms with Gasteiger partial charge in [0, 0.05) is 22.1 Å². The topological polar surface area (TPSA) is 15.8 Å². The Morgan fingerprint density at radius 2 is 1.83 bits per heavy atom. The molecule has 0 saturated heterocycles. The van der Waals surface area contributed by atoms with Gasteiger partial charge in [0.25, 0.3) is 0 Å². The molecular weight excluding hydrogens is 286 g/mol. The molecule has 1 nitrogen and oxygen atoms in total. The lowest BCUT2D eigenvalue weighted by Gasteiger charge is -1.99. The molecule has 18 heavy (non-hydrogen) atoms. The second kappa shape index (κ2) is 4.62. The summed E-state index contributed by atoms with van der Waals surface area (Å²) in [6.07, 6.45) is 0.946. The van der Waals surface area contributed by atoms with Crippen LogP contribution in [-0.4, -0.2) is 4.98 Å². The van der Waals surface area contributed by atoms with Crippen molar-refractivity contribution in [2.75, 3.05) is 0 Å². The Hall–Kier alpha value is -1.54. The second-order valence-electron chi connectivity index (χ2n) is 4.64. The van der Waals surface area contributed by atoms with Gasteiger partial charge in [-0.15, -0.1) is 0 Å². The van der Waals surface area contributed by atoms with Gasteiger partial charge in [0.1, 0.15) is 0 Å². The number of nitrogens with one attached hydrogen (secondary N) is 1. The molecule has 0 saturated carbocycles. The van der Waals surface area contributed by atoms with E-state index in [1.807, 2.05) is 0 Å². The lowest BCUT2D eigenvalue weighted by molar-refractivity contribution is 1.12. The van der Waals surface area contributed by atoms with Gasteiger partial charge >= 0.3 is 0 Å². The van der Waals surface area contributed by atoms with Crippen LogP contribution in [0.5, 0.6) is 0 Å². The Morgan fingerprint density at radius 3 is 2.56 bits per heavy atom. The number of aromatic amines is 1. The van der Waals surface area contributed by atoms with Crippen LogP contribution in [-0.2, 0) is 6.42 Å². The molecule has 0 radical (unpaired) electrons. The first-order chi connectivity index (χ1) is 8.72. The zero-order chi connectivity index (χ0) is 12.5. The number of H-pyrrole nitrogens is 1. The SMILES string of the molecule is Cc1cccc2cc(Cc3ccc(Br)cc3)[nH]c12. The number of rotatable bonds is 2. The molecule has 0 unspecified atom stereocenters. The Labute approximate surface area is 115 Å². The number of hydrogen-bond acceptors (Lipinski definition) is 0. The molecule has 1 aromatic heterocycles. The van der Waals surface area contributed by atoms with Crippen molar-refractivity contribution in [2.45, 2.75) is 13.3 Å². The van der Waals surface area contributed by atoms with E-state index >= 15 is 0 Å². The molecule has 1 N–H and O–H groups in total. The van der Waals surface area contributed by atoms with Crippen LogP contribution in [0.15, 0.2) is 53.0 Å². The summed E-state index contributed by atoms with van der Waals surface area (Å²) in [4.78, 5) is 3.52. The fraction of sp³-hybridized carbons (Fsp3) is 0.125. The number of halogens is 1. The van der Waals surface area contributed by atoms with E-state index in [4.69, 9.17) is 0 Å². The fourth-order valence-electron chi connectivity index (χ4n) is 2.28. The first-order valence-corrected chi connectivity index (χ1v) is 6.83. The van der Waals surface area contributed by atoms with Gasteiger partial charge in [-0.1, -0.05) is 46.3 Å². The highest BCUT2D eigenvalue weighted by Crippen LogP contribution is 2.21. The molecule has 0 amide bonds. The second-order valence-corrected chi connectivity index (χ2v) is 5.55. The summed E-state index contributed by atoms with van der Waals surface area (Å²) in [6, 6.07) is 17.1. The number of hydrogen-bond donors (Lipinski definition) is 1. The molecule has 3 aromatic rings. The van der Waals surface area contributed by atoms with Gasteiger partial charge in [-0.2, -0.15) is 0 Å². The third-order valence-electron chi connectivity index (χ3n) is 3.23. The molecule has 90 valence electrons. The molecule has 2 aromatic carbocycles. The number of aryl methyl sites for hydroxylation is 1. The quantitative estimate of drug-likeness (QED) is 0.697.